The first kappa shape index (κ1) is 17.1. The summed E-state index contributed by atoms with van der Waals surface area (Å²) in [7, 11) is 1.70. The van der Waals surface area contributed by atoms with Crippen LogP contribution in [0.2, 0.25) is 0 Å². The standard InChI is InChI=1S/C19H24INO/c1-4-5-15(2)21(18-10-8-17(20)9-11-18)14-16-6-12-19(22-3)13-7-16/h6-13,15H,4-5,14H2,1-3H3. The summed E-state index contributed by atoms with van der Waals surface area (Å²) in [5, 5.41) is 0. The van der Waals surface area contributed by atoms with Gasteiger partial charge in [-0.25, -0.2) is 0 Å². The highest BCUT2D eigenvalue weighted by Crippen LogP contribution is 2.24. The van der Waals surface area contributed by atoms with E-state index in [4.69, 9.17) is 4.74 Å². The summed E-state index contributed by atoms with van der Waals surface area (Å²) in [5.74, 6) is 0.908. The van der Waals surface area contributed by atoms with Crippen LogP contribution in [0.15, 0.2) is 48.5 Å². The van der Waals surface area contributed by atoms with Crippen molar-refractivity contribution in [2.24, 2.45) is 0 Å². The van der Waals surface area contributed by atoms with Gasteiger partial charge in [-0.15, -0.1) is 0 Å². The molecule has 1 unspecified atom stereocenters. The predicted molar refractivity (Wildman–Crippen MR) is 103 cm³/mol. The van der Waals surface area contributed by atoms with Crippen molar-refractivity contribution in [3.05, 3.63) is 57.7 Å². The minimum Gasteiger partial charge on any atom is -0.497 e. The van der Waals surface area contributed by atoms with Gasteiger partial charge in [0.25, 0.3) is 0 Å². The average molecular weight is 409 g/mol. The second-order valence-electron chi connectivity index (χ2n) is 5.59. The topological polar surface area (TPSA) is 12.5 Å². The smallest absolute Gasteiger partial charge is 0.118 e. The van der Waals surface area contributed by atoms with Crippen molar-refractivity contribution in [2.45, 2.75) is 39.3 Å². The highest BCUT2D eigenvalue weighted by molar-refractivity contribution is 14.1. The van der Waals surface area contributed by atoms with Crippen LogP contribution in [-0.2, 0) is 6.54 Å². The molecule has 0 heterocycles. The van der Waals surface area contributed by atoms with E-state index in [9.17, 15) is 0 Å². The Kier molecular flexibility index (Phi) is 6.55. The zero-order chi connectivity index (χ0) is 15.9. The first-order valence-corrected chi connectivity index (χ1v) is 8.87. The molecule has 0 spiro atoms. The number of halogens is 1. The van der Waals surface area contributed by atoms with Gasteiger partial charge in [0.1, 0.15) is 5.75 Å². The van der Waals surface area contributed by atoms with Crippen molar-refractivity contribution in [2.75, 3.05) is 12.0 Å². The molecule has 2 rings (SSSR count). The Morgan fingerprint density at radius 1 is 1.05 bits per heavy atom. The van der Waals surface area contributed by atoms with E-state index in [0.29, 0.717) is 6.04 Å². The molecule has 0 N–H and O–H groups in total. The van der Waals surface area contributed by atoms with Crippen LogP contribution in [-0.4, -0.2) is 13.2 Å². The largest absolute Gasteiger partial charge is 0.497 e. The Bertz CT molecular complexity index is 565. The van der Waals surface area contributed by atoms with Crippen LogP contribution in [0.5, 0.6) is 5.75 Å². The summed E-state index contributed by atoms with van der Waals surface area (Å²) in [4.78, 5) is 2.49. The molecule has 0 aliphatic rings. The summed E-state index contributed by atoms with van der Waals surface area (Å²) in [6, 6.07) is 17.7. The monoisotopic (exact) mass is 409 g/mol. The third-order valence-electron chi connectivity index (χ3n) is 3.91. The van der Waals surface area contributed by atoms with Crippen LogP contribution in [0.25, 0.3) is 0 Å². The molecule has 2 aromatic carbocycles. The van der Waals surface area contributed by atoms with Gasteiger partial charge in [0.2, 0.25) is 0 Å². The van der Waals surface area contributed by atoms with Crippen molar-refractivity contribution in [1.82, 2.24) is 0 Å². The van der Waals surface area contributed by atoms with Crippen LogP contribution in [0, 0.1) is 3.57 Å². The van der Waals surface area contributed by atoms with Gasteiger partial charge < -0.3 is 9.64 Å². The van der Waals surface area contributed by atoms with Crippen LogP contribution in [0.1, 0.15) is 32.3 Å². The lowest BCUT2D eigenvalue weighted by molar-refractivity contribution is 0.414. The maximum absolute atomic E-state index is 5.24. The number of anilines is 1. The molecule has 2 nitrogen and oxygen atoms in total. The molecule has 0 saturated heterocycles. The molecule has 0 aromatic heterocycles. The predicted octanol–water partition coefficient (Wildman–Crippen LogP) is 5.50. The zero-order valence-corrected chi connectivity index (χ0v) is 15.7. The molecule has 118 valence electrons. The summed E-state index contributed by atoms with van der Waals surface area (Å²) < 4.78 is 6.52. The van der Waals surface area contributed by atoms with Crippen molar-refractivity contribution in [3.8, 4) is 5.75 Å². The van der Waals surface area contributed by atoms with Crippen LogP contribution >= 0.6 is 22.6 Å². The number of ether oxygens (including phenoxy) is 1. The maximum atomic E-state index is 5.24. The molecule has 0 fully saturated rings. The third-order valence-corrected chi connectivity index (χ3v) is 4.63. The fraction of sp³-hybridized carbons (Fsp3) is 0.368. The highest BCUT2D eigenvalue weighted by atomic mass is 127. The van der Waals surface area contributed by atoms with Gasteiger partial charge in [0, 0.05) is 21.8 Å². The van der Waals surface area contributed by atoms with Gasteiger partial charge in [-0.05, 0) is 77.9 Å². The van der Waals surface area contributed by atoms with E-state index in [2.05, 4.69) is 77.7 Å². The third kappa shape index (κ3) is 4.63. The Hall–Kier alpha value is -1.23. The molecule has 0 radical (unpaired) electrons. The highest BCUT2D eigenvalue weighted by Gasteiger charge is 2.14. The Balaban J connectivity index is 2.21. The molecular weight excluding hydrogens is 385 g/mol. The fourth-order valence-corrected chi connectivity index (χ4v) is 3.00. The van der Waals surface area contributed by atoms with Crippen LogP contribution in [0.4, 0.5) is 5.69 Å². The molecule has 3 heteroatoms. The summed E-state index contributed by atoms with van der Waals surface area (Å²) in [5.41, 5.74) is 2.60. The van der Waals surface area contributed by atoms with Gasteiger partial charge >= 0.3 is 0 Å². The van der Waals surface area contributed by atoms with Crippen molar-refractivity contribution < 1.29 is 4.74 Å². The van der Waals surface area contributed by atoms with E-state index in [-0.39, 0.29) is 0 Å². The van der Waals surface area contributed by atoms with Gasteiger partial charge in [-0.1, -0.05) is 25.5 Å². The Labute approximate surface area is 147 Å². The fourth-order valence-electron chi connectivity index (χ4n) is 2.64. The molecule has 0 aliphatic carbocycles. The van der Waals surface area contributed by atoms with Gasteiger partial charge in [0.15, 0.2) is 0 Å². The second-order valence-corrected chi connectivity index (χ2v) is 6.84. The van der Waals surface area contributed by atoms with Crippen molar-refractivity contribution in [1.29, 1.82) is 0 Å². The number of benzene rings is 2. The SMILES string of the molecule is CCCC(C)N(Cc1ccc(OC)cc1)c1ccc(I)cc1. The Morgan fingerprint density at radius 3 is 2.23 bits per heavy atom. The number of hydrogen-bond donors (Lipinski definition) is 0. The molecular formula is C19H24INO. The number of rotatable bonds is 7. The van der Waals surface area contributed by atoms with E-state index in [1.807, 2.05) is 12.1 Å². The normalized spacial score (nSPS) is 12.0. The lowest BCUT2D eigenvalue weighted by Crippen LogP contribution is -2.32. The van der Waals surface area contributed by atoms with Gasteiger partial charge in [-0.3, -0.25) is 0 Å². The lowest BCUT2D eigenvalue weighted by Gasteiger charge is -2.31. The van der Waals surface area contributed by atoms with Crippen molar-refractivity contribution in [3.63, 3.8) is 0 Å². The van der Waals surface area contributed by atoms with E-state index < -0.39 is 0 Å². The molecule has 1 atom stereocenters. The van der Waals surface area contributed by atoms with Crippen LogP contribution in [0.3, 0.4) is 0 Å². The summed E-state index contributed by atoms with van der Waals surface area (Å²) in [6.45, 7) is 5.48. The quantitative estimate of drug-likeness (QED) is 0.561. The van der Waals surface area contributed by atoms with E-state index in [0.717, 1.165) is 12.3 Å². The first-order chi connectivity index (χ1) is 10.6. The van der Waals surface area contributed by atoms with E-state index in [1.165, 1.54) is 27.7 Å². The minimum atomic E-state index is 0.521. The van der Waals surface area contributed by atoms with Crippen LogP contribution < -0.4 is 9.64 Å². The summed E-state index contributed by atoms with van der Waals surface area (Å²) in [6.07, 6.45) is 2.40. The van der Waals surface area contributed by atoms with E-state index in [1.54, 1.807) is 7.11 Å². The summed E-state index contributed by atoms with van der Waals surface area (Å²) >= 11 is 2.35. The number of hydrogen-bond acceptors (Lipinski definition) is 2. The van der Waals surface area contributed by atoms with E-state index >= 15 is 0 Å². The lowest BCUT2D eigenvalue weighted by atomic mass is 10.1. The molecule has 0 saturated carbocycles. The first-order valence-electron chi connectivity index (χ1n) is 7.79. The molecule has 0 aliphatic heterocycles. The average Bonchev–Trinajstić information content (AvgIpc) is 2.54. The van der Waals surface area contributed by atoms with Gasteiger partial charge in [0.05, 0.1) is 7.11 Å². The minimum absolute atomic E-state index is 0.521. The zero-order valence-electron chi connectivity index (χ0n) is 13.6. The molecule has 22 heavy (non-hydrogen) atoms. The second kappa shape index (κ2) is 8.42. The molecule has 2 aromatic rings. The maximum Gasteiger partial charge on any atom is 0.118 e. The van der Waals surface area contributed by atoms with Gasteiger partial charge in [-0.2, -0.15) is 0 Å². The molecule has 0 bridgehead atoms. The molecule has 0 amide bonds. The number of nitrogens with zero attached hydrogens (tertiary/aromatic N) is 1. The van der Waals surface area contributed by atoms with Crippen molar-refractivity contribution >= 4 is 28.3 Å². The number of methoxy groups -OCH3 is 1. The Morgan fingerprint density at radius 2 is 1.68 bits per heavy atom.